The van der Waals surface area contributed by atoms with Crippen LogP contribution in [0.2, 0.25) is 0 Å². The van der Waals surface area contributed by atoms with Gasteiger partial charge >= 0.3 is 0 Å². The first kappa shape index (κ1) is 13.8. The quantitative estimate of drug-likeness (QED) is 0.567. The van der Waals surface area contributed by atoms with Gasteiger partial charge in [0.2, 0.25) is 12.1 Å². The maximum atomic E-state index is 5.59. The Balaban J connectivity index is 4.59. The first-order valence-corrected chi connectivity index (χ1v) is 5.04. The van der Waals surface area contributed by atoms with Gasteiger partial charge in [-0.1, -0.05) is 6.92 Å². The van der Waals surface area contributed by atoms with Crippen molar-refractivity contribution in [3.63, 3.8) is 0 Å². The molecule has 0 rings (SSSR count). The minimum atomic E-state index is -0.785. The van der Waals surface area contributed by atoms with Crippen LogP contribution in [0.15, 0.2) is 0 Å². The Morgan fingerprint density at radius 3 is 1.57 bits per heavy atom. The molecule has 0 amide bonds. The molecule has 0 atom stereocenters. The third-order valence-electron chi connectivity index (χ3n) is 2.06. The van der Waals surface area contributed by atoms with Crippen LogP contribution >= 0.6 is 0 Å². The Hall–Kier alpha value is -0.160. The Bertz CT molecular complexity index is 128. The van der Waals surface area contributed by atoms with Gasteiger partial charge in [-0.15, -0.1) is 0 Å². The van der Waals surface area contributed by atoms with E-state index in [1.807, 2.05) is 20.8 Å². The van der Waals surface area contributed by atoms with E-state index in [1.165, 1.54) is 0 Å². The molecule has 0 saturated carbocycles. The van der Waals surface area contributed by atoms with E-state index in [1.54, 1.807) is 14.2 Å². The SMILES string of the molecule is CCOC(CC)(OCC)C(OC)OC. The lowest BCUT2D eigenvalue weighted by molar-refractivity contribution is -0.341. The van der Waals surface area contributed by atoms with Crippen LogP contribution in [0.3, 0.4) is 0 Å². The van der Waals surface area contributed by atoms with E-state index in [2.05, 4.69) is 0 Å². The first-order chi connectivity index (χ1) is 6.70. The van der Waals surface area contributed by atoms with Crippen molar-refractivity contribution in [2.75, 3.05) is 27.4 Å². The van der Waals surface area contributed by atoms with E-state index in [-0.39, 0.29) is 0 Å². The van der Waals surface area contributed by atoms with Gasteiger partial charge in [-0.2, -0.15) is 0 Å². The molecule has 0 radical (unpaired) electrons. The molecule has 0 spiro atoms. The largest absolute Gasteiger partial charge is 0.351 e. The zero-order valence-corrected chi connectivity index (χ0v) is 9.83. The van der Waals surface area contributed by atoms with Gasteiger partial charge in [-0.25, -0.2) is 0 Å². The van der Waals surface area contributed by atoms with Gasteiger partial charge in [0.05, 0.1) is 0 Å². The van der Waals surface area contributed by atoms with Crippen molar-refractivity contribution in [2.24, 2.45) is 0 Å². The van der Waals surface area contributed by atoms with Crippen molar-refractivity contribution < 1.29 is 18.9 Å². The maximum Gasteiger partial charge on any atom is 0.220 e. The van der Waals surface area contributed by atoms with Crippen LogP contribution in [0, 0.1) is 0 Å². The van der Waals surface area contributed by atoms with E-state index in [4.69, 9.17) is 18.9 Å². The highest BCUT2D eigenvalue weighted by molar-refractivity contribution is 4.72. The summed E-state index contributed by atoms with van der Waals surface area (Å²) in [6.45, 7) is 6.96. The number of methoxy groups -OCH3 is 2. The van der Waals surface area contributed by atoms with Gasteiger partial charge in [-0.05, 0) is 13.8 Å². The maximum absolute atomic E-state index is 5.59. The summed E-state index contributed by atoms with van der Waals surface area (Å²) < 4.78 is 21.6. The normalized spacial score (nSPS) is 12.4. The zero-order valence-electron chi connectivity index (χ0n) is 9.83. The molecular weight excluding hydrogens is 184 g/mol. The molecule has 14 heavy (non-hydrogen) atoms. The second kappa shape index (κ2) is 7.17. The van der Waals surface area contributed by atoms with Gasteiger partial charge in [0, 0.05) is 33.9 Å². The lowest BCUT2D eigenvalue weighted by Crippen LogP contribution is -2.49. The number of hydrogen-bond donors (Lipinski definition) is 0. The van der Waals surface area contributed by atoms with Crippen LogP contribution in [0.25, 0.3) is 0 Å². The molecule has 0 aliphatic rings. The predicted molar refractivity (Wildman–Crippen MR) is 54.1 cm³/mol. The molecule has 0 aliphatic heterocycles. The summed E-state index contributed by atoms with van der Waals surface area (Å²) in [7, 11) is 3.16. The average Bonchev–Trinajstić information content (AvgIpc) is 2.20. The molecule has 0 fully saturated rings. The van der Waals surface area contributed by atoms with Gasteiger partial charge < -0.3 is 18.9 Å². The molecule has 0 aromatic carbocycles. The molecule has 0 aromatic rings. The lowest BCUT2D eigenvalue weighted by atomic mass is 10.2. The summed E-state index contributed by atoms with van der Waals surface area (Å²) in [5, 5.41) is 0. The molecule has 0 heterocycles. The van der Waals surface area contributed by atoms with Crippen molar-refractivity contribution in [3.05, 3.63) is 0 Å². The lowest BCUT2D eigenvalue weighted by Gasteiger charge is -2.37. The van der Waals surface area contributed by atoms with E-state index in [0.717, 1.165) is 0 Å². The molecule has 0 aromatic heterocycles. The minimum Gasteiger partial charge on any atom is -0.351 e. The third kappa shape index (κ3) is 3.20. The minimum absolute atomic E-state index is 0.493. The van der Waals surface area contributed by atoms with Crippen LogP contribution in [-0.2, 0) is 18.9 Å². The fourth-order valence-corrected chi connectivity index (χ4v) is 1.49. The summed E-state index contributed by atoms with van der Waals surface area (Å²) >= 11 is 0. The fraction of sp³-hybridized carbons (Fsp3) is 1.00. The molecule has 0 saturated heterocycles. The van der Waals surface area contributed by atoms with Crippen LogP contribution in [0.4, 0.5) is 0 Å². The van der Waals surface area contributed by atoms with Gasteiger partial charge in [0.15, 0.2) is 0 Å². The molecule has 0 N–H and O–H groups in total. The Morgan fingerprint density at radius 1 is 0.929 bits per heavy atom. The molecule has 0 unspecified atom stereocenters. The topological polar surface area (TPSA) is 36.9 Å². The molecule has 4 nitrogen and oxygen atoms in total. The summed E-state index contributed by atoms with van der Waals surface area (Å²) in [5.74, 6) is -0.785. The summed E-state index contributed by atoms with van der Waals surface area (Å²) in [5.41, 5.74) is 0. The number of ether oxygens (including phenoxy) is 4. The average molecular weight is 206 g/mol. The number of hydrogen-bond acceptors (Lipinski definition) is 4. The summed E-state index contributed by atoms with van der Waals surface area (Å²) in [6.07, 6.45) is 0.188. The fourth-order valence-electron chi connectivity index (χ4n) is 1.49. The van der Waals surface area contributed by atoms with Crippen LogP contribution in [-0.4, -0.2) is 39.5 Å². The Morgan fingerprint density at radius 2 is 1.36 bits per heavy atom. The van der Waals surface area contributed by atoms with E-state index >= 15 is 0 Å². The first-order valence-electron chi connectivity index (χ1n) is 5.04. The third-order valence-corrected chi connectivity index (χ3v) is 2.06. The number of rotatable bonds is 8. The Labute approximate surface area is 86.5 Å². The van der Waals surface area contributed by atoms with Gasteiger partial charge in [-0.3, -0.25) is 0 Å². The smallest absolute Gasteiger partial charge is 0.220 e. The molecule has 0 bridgehead atoms. The highest BCUT2D eigenvalue weighted by atomic mass is 16.8. The monoisotopic (exact) mass is 206 g/mol. The predicted octanol–water partition coefficient (Wildman–Crippen LogP) is 1.78. The Kier molecular flexibility index (Phi) is 7.09. The van der Waals surface area contributed by atoms with E-state index in [0.29, 0.717) is 19.6 Å². The highest BCUT2D eigenvalue weighted by Gasteiger charge is 2.40. The summed E-state index contributed by atoms with van der Waals surface area (Å²) in [4.78, 5) is 0. The molecule has 86 valence electrons. The molecule has 0 aliphatic carbocycles. The van der Waals surface area contributed by atoms with E-state index < -0.39 is 12.1 Å². The molecule has 4 heteroatoms. The van der Waals surface area contributed by atoms with Crippen molar-refractivity contribution in [1.29, 1.82) is 0 Å². The van der Waals surface area contributed by atoms with Crippen LogP contribution in [0.1, 0.15) is 27.2 Å². The van der Waals surface area contributed by atoms with Crippen LogP contribution in [0.5, 0.6) is 0 Å². The van der Waals surface area contributed by atoms with Crippen molar-refractivity contribution in [2.45, 2.75) is 39.3 Å². The van der Waals surface area contributed by atoms with E-state index in [9.17, 15) is 0 Å². The van der Waals surface area contributed by atoms with Gasteiger partial charge in [0.25, 0.3) is 0 Å². The van der Waals surface area contributed by atoms with Crippen molar-refractivity contribution in [3.8, 4) is 0 Å². The summed E-state index contributed by atoms with van der Waals surface area (Å²) in [6, 6.07) is 0. The van der Waals surface area contributed by atoms with Crippen LogP contribution < -0.4 is 0 Å². The molecular formula is C10H22O4. The van der Waals surface area contributed by atoms with Gasteiger partial charge in [0.1, 0.15) is 0 Å². The highest BCUT2D eigenvalue weighted by Crippen LogP contribution is 2.25. The van der Waals surface area contributed by atoms with Crippen molar-refractivity contribution >= 4 is 0 Å². The van der Waals surface area contributed by atoms with Crippen molar-refractivity contribution in [1.82, 2.24) is 0 Å². The second-order valence-corrected chi connectivity index (χ2v) is 2.83. The second-order valence-electron chi connectivity index (χ2n) is 2.83. The zero-order chi connectivity index (χ0) is 11.0. The standard InChI is InChI=1S/C10H22O4/c1-6-10(13-7-2,14-8-3)9(11-4)12-5/h9H,6-8H2,1-5H3.